The average molecular weight is 518 g/mol. The Bertz CT molecular complexity index is 1480. The summed E-state index contributed by atoms with van der Waals surface area (Å²) in [5.74, 6) is -0.195. The van der Waals surface area contributed by atoms with Gasteiger partial charge >= 0.3 is 0 Å². The van der Waals surface area contributed by atoms with E-state index in [0.717, 1.165) is 52.7 Å². The minimum absolute atomic E-state index is 0.227. The number of carbonyl (C=O) groups is 2. The molecular formula is C29H31N3O2S2. The number of amides is 2. The van der Waals surface area contributed by atoms with Gasteiger partial charge in [-0.25, -0.2) is 4.98 Å². The fourth-order valence-corrected chi connectivity index (χ4v) is 7.28. The first-order chi connectivity index (χ1) is 17.2. The Balaban J connectivity index is 1.53. The molecule has 1 aliphatic rings. The molecule has 3 heterocycles. The number of anilines is 1. The maximum atomic E-state index is 13.7. The van der Waals surface area contributed by atoms with Crippen LogP contribution in [0.2, 0.25) is 0 Å². The standard InChI is InChI=1S/C29H31N3O2S2/c1-5-29(3,4)17-11-12-19-24(14-17)36-28(25(19)26(30)33)32-27(34)20-15-22(23-13-10-16(2)35-23)31-21-9-7-6-8-18(20)21/h6-10,13,15,17H,5,11-12,14H2,1-4H3,(H2,30,33)(H,32,34)/t17-/m0/s1. The van der Waals surface area contributed by atoms with E-state index in [1.165, 1.54) is 21.1 Å². The van der Waals surface area contributed by atoms with E-state index in [1.54, 1.807) is 11.3 Å². The minimum atomic E-state index is -0.481. The Morgan fingerprint density at radius 2 is 1.94 bits per heavy atom. The lowest BCUT2D eigenvalue weighted by Gasteiger charge is -2.36. The summed E-state index contributed by atoms with van der Waals surface area (Å²) in [7, 11) is 0. The zero-order chi connectivity index (χ0) is 25.6. The molecule has 1 aliphatic carbocycles. The number of fused-ring (bicyclic) bond motifs is 2. The molecule has 1 atom stereocenters. The molecule has 1 aromatic carbocycles. The van der Waals surface area contributed by atoms with Crippen molar-refractivity contribution >= 4 is 50.4 Å². The smallest absolute Gasteiger partial charge is 0.257 e. The number of thiophene rings is 2. The van der Waals surface area contributed by atoms with E-state index in [9.17, 15) is 9.59 Å². The predicted molar refractivity (Wildman–Crippen MR) is 150 cm³/mol. The Kier molecular flexibility index (Phi) is 6.47. The first kappa shape index (κ1) is 24.7. The van der Waals surface area contributed by atoms with Gasteiger partial charge in [0.15, 0.2) is 0 Å². The van der Waals surface area contributed by atoms with Gasteiger partial charge in [0.05, 0.1) is 27.2 Å². The van der Waals surface area contributed by atoms with Crippen LogP contribution < -0.4 is 11.1 Å². The fourth-order valence-electron chi connectivity index (χ4n) is 5.12. The molecule has 0 saturated heterocycles. The quantitative estimate of drug-likeness (QED) is 0.283. The molecule has 5 rings (SSSR count). The van der Waals surface area contributed by atoms with Crippen LogP contribution in [0.15, 0.2) is 42.5 Å². The highest BCUT2D eigenvalue weighted by Gasteiger charge is 2.35. The largest absolute Gasteiger partial charge is 0.365 e. The Morgan fingerprint density at radius 1 is 1.17 bits per heavy atom. The summed E-state index contributed by atoms with van der Waals surface area (Å²) in [5.41, 5.74) is 9.62. The van der Waals surface area contributed by atoms with Crippen molar-refractivity contribution in [2.24, 2.45) is 17.1 Å². The van der Waals surface area contributed by atoms with E-state index in [4.69, 9.17) is 10.7 Å². The number of para-hydroxylation sites is 1. The Morgan fingerprint density at radius 3 is 2.64 bits per heavy atom. The van der Waals surface area contributed by atoms with E-state index < -0.39 is 5.91 Å². The van der Waals surface area contributed by atoms with E-state index in [2.05, 4.69) is 39.1 Å². The van der Waals surface area contributed by atoms with Crippen LogP contribution in [0.25, 0.3) is 21.5 Å². The predicted octanol–water partition coefficient (Wildman–Crippen LogP) is 7.23. The Labute approximate surface area is 219 Å². The number of carbonyl (C=O) groups excluding carboxylic acids is 2. The molecule has 5 nitrogen and oxygen atoms in total. The van der Waals surface area contributed by atoms with Crippen molar-refractivity contribution < 1.29 is 9.59 Å². The molecule has 2 amide bonds. The van der Waals surface area contributed by atoms with E-state index >= 15 is 0 Å². The summed E-state index contributed by atoms with van der Waals surface area (Å²) >= 11 is 3.16. The second kappa shape index (κ2) is 9.45. The van der Waals surface area contributed by atoms with Gasteiger partial charge in [-0.15, -0.1) is 22.7 Å². The molecule has 0 bridgehead atoms. The lowest BCUT2D eigenvalue weighted by molar-refractivity contribution is 0.0999. The van der Waals surface area contributed by atoms with Crippen molar-refractivity contribution in [3.05, 3.63) is 68.9 Å². The van der Waals surface area contributed by atoms with Gasteiger partial charge in [0.25, 0.3) is 11.8 Å². The molecule has 0 saturated carbocycles. The molecule has 0 spiro atoms. The van der Waals surface area contributed by atoms with Crippen LogP contribution in [0, 0.1) is 18.3 Å². The lowest BCUT2D eigenvalue weighted by atomic mass is 9.69. The molecule has 0 aliphatic heterocycles. The summed E-state index contributed by atoms with van der Waals surface area (Å²) < 4.78 is 0. The van der Waals surface area contributed by atoms with Crippen LogP contribution >= 0.6 is 22.7 Å². The van der Waals surface area contributed by atoms with Crippen LogP contribution in [0.3, 0.4) is 0 Å². The molecule has 186 valence electrons. The van der Waals surface area contributed by atoms with Crippen molar-refractivity contribution in [2.45, 2.75) is 53.4 Å². The van der Waals surface area contributed by atoms with Crippen molar-refractivity contribution in [2.75, 3.05) is 5.32 Å². The van der Waals surface area contributed by atoms with Crippen molar-refractivity contribution in [1.82, 2.24) is 4.98 Å². The molecule has 7 heteroatoms. The lowest BCUT2D eigenvalue weighted by Crippen LogP contribution is -2.29. The molecule has 3 N–H and O–H groups in total. The van der Waals surface area contributed by atoms with Crippen LogP contribution in [0.4, 0.5) is 5.00 Å². The number of benzene rings is 1. The number of hydrogen-bond donors (Lipinski definition) is 2. The molecule has 3 aromatic heterocycles. The summed E-state index contributed by atoms with van der Waals surface area (Å²) in [6.07, 6.45) is 3.86. The van der Waals surface area contributed by atoms with Crippen LogP contribution in [0.5, 0.6) is 0 Å². The third kappa shape index (κ3) is 4.46. The number of aryl methyl sites for hydroxylation is 1. The molecular weight excluding hydrogens is 486 g/mol. The molecule has 0 unspecified atom stereocenters. The fraction of sp³-hybridized carbons (Fsp3) is 0.345. The second-order valence-electron chi connectivity index (χ2n) is 10.3. The van der Waals surface area contributed by atoms with E-state index in [1.807, 2.05) is 36.4 Å². The number of primary amides is 1. The first-order valence-electron chi connectivity index (χ1n) is 12.4. The summed E-state index contributed by atoms with van der Waals surface area (Å²) in [6.45, 7) is 8.92. The van der Waals surface area contributed by atoms with Gasteiger partial charge in [-0.05, 0) is 67.3 Å². The minimum Gasteiger partial charge on any atom is -0.365 e. The van der Waals surface area contributed by atoms with Gasteiger partial charge in [0, 0.05) is 15.1 Å². The number of nitrogens with one attached hydrogen (secondary N) is 1. The summed E-state index contributed by atoms with van der Waals surface area (Å²) in [5, 5.41) is 4.40. The van der Waals surface area contributed by atoms with Gasteiger partial charge in [0.1, 0.15) is 5.00 Å². The van der Waals surface area contributed by atoms with Crippen molar-refractivity contribution in [3.8, 4) is 10.6 Å². The van der Waals surface area contributed by atoms with E-state index in [0.29, 0.717) is 22.0 Å². The Hall–Kier alpha value is -3.03. The average Bonchev–Trinajstić information content (AvgIpc) is 3.45. The molecule has 0 fully saturated rings. The monoisotopic (exact) mass is 517 g/mol. The second-order valence-corrected chi connectivity index (χ2v) is 12.7. The van der Waals surface area contributed by atoms with Gasteiger partial charge in [-0.1, -0.05) is 45.4 Å². The van der Waals surface area contributed by atoms with Crippen molar-refractivity contribution in [3.63, 3.8) is 0 Å². The number of nitrogens with zero attached hydrogens (tertiary/aromatic N) is 1. The number of hydrogen-bond acceptors (Lipinski definition) is 5. The van der Waals surface area contributed by atoms with Crippen LogP contribution in [-0.4, -0.2) is 16.8 Å². The van der Waals surface area contributed by atoms with Gasteiger partial charge in [-0.3, -0.25) is 9.59 Å². The highest BCUT2D eigenvalue weighted by molar-refractivity contribution is 7.17. The zero-order valence-electron chi connectivity index (χ0n) is 21.1. The summed E-state index contributed by atoms with van der Waals surface area (Å²) in [6, 6.07) is 13.6. The number of nitrogens with two attached hydrogens (primary N) is 1. The first-order valence-corrected chi connectivity index (χ1v) is 14.0. The normalized spacial score (nSPS) is 15.6. The number of aromatic nitrogens is 1. The topological polar surface area (TPSA) is 85.1 Å². The van der Waals surface area contributed by atoms with Gasteiger partial charge < -0.3 is 11.1 Å². The highest BCUT2D eigenvalue weighted by atomic mass is 32.1. The zero-order valence-corrected chi connectivity index (χ0v) is 22.7. The summed E-state index contributed by atoms with van der Waals surface area (Å²) in [4.78, 5) is 34.4. The van der Waals surface area contributed by atoms with Gasteiger partial charge in [0.2, 0.25) is 0 Å². The van der Waals surface area contributed by atoms with Crippen LogP contribution in [0.1, 0.15) is 69.6 Å². The number of pyridine rings is 1. The van der Waals surface area contributed by atoms with Gasteiger partial charge in [-0.2, -0.15) is 0 Å². The van der Waals surface area contributed by atoms with Crippen molar-refractivity contribution in [1.29, 1.82) is 0 Å². The molecule has 0 radical (unpaired) electrons. The SMILES string of the molecule is CCC(C)(C)[C@H]1CCc2c(sc(NC(=O)c3cc(-c4ccc(C)s4)nc4ccccc34)c2C(N)=O)C1. The third-order valence-electron chi connectivity index (χ3n) is 7.71. The third-order valence-corrected chi connectivity index (χ3v) is 9.90. The number of rotatable bonds is 6. The molecule has 36 heavy (non-hydrogen) atoms. The maximum absolute atomic E-state index is 13.7. The highest BCUT2D eigenvalue weighted by Crippen LogP contribution is 2.45. The molecule has 4 aromatic rings. The van der Waals surface area contributed by atoms with E-state index in [-0.39, 0.29) is 11.3 Å². The maximum Gasteiger partial charge on any atom is 0.257 e. The van der Waals surface area contributed by atoms with Crippen LogP contribution in [-0.2, 0) is 12.8 Å².